The van der Waals surface area contributed by atoms with E-state index in [0.29, 0.717) is 11.6 Å². The van der Waals surface area contributed by atoms with Gasteiger partial charge < -0.3 is 10.1 Å². The number of hydrogen-bond acceptors (Lipinski definition) is 4. The number of halogens is 1. The van der Waals surface area contributed by atoms with Gasteiger partial charge in [-0.1, -0.05) is 36.7 Å². The second-order valence-electron chi connectivity index (χ2n) is 7.25. The van der Waals surface area contributed by atoms with Gasteiger partial charge in [0.1, 0.15) is 5.75 Å². The van der Waals surface area contributed by atoms with E-state index in [0.717, 1.165) is 34.7 Å². The minimum Gasteiger partial charge on any atom is -0.497 e. The zero-order valence-electron chi connectivity index (χ0n) is 17.6. The van der Waals surface area contributed by atoms with Gasteiger partial charge in [-0.2, -0.15) is 5.10 Å². The fraction of sp³-hybridized carbons (Fsp3) is 0.200. The van der Waals surface area contributed by atoms with Crippen molar-refractivity contribution < 1.29 is 4.74 Å². The van der Waals surface area contributed by atoms with E-state index in [1.807, 2.05) is 65.6 Å². The van der Waals surface area contributed by atoms with Crippen LogP contribution < -0.4 is 10.1 Å². The van der Waals surface area contributed by atoms with Crippen LogP contribution in [0.4, 0.5) is 0 Å². The number of benzene rings is 2. The molecule has 2 aromatic carbocycles. The summed E-state index contributed by atoms with van der Waals surface area (Å²) in [6, 6.07) is 20.0. The Bertz CT molecular complexity index is 1130. The highest BCUT2D eigenvalue weighted by Crippen LogP contribution is 2.30. The van der Waals surface area contributed by atoms with Crippen molar-refractivity contribution in [3.63, 3.8) is 0 Å². The van der Waals surface area contributed by atoms with Crippen LogP contribution in [0, 0.1) is 0 Å². The highest BCUT2D eigenvalue weighted by atomic mass is 35.5. The SMILES string of the molecule is CC[C@H](NCc1cn(-c2ccc(OC)cc2)nc1-c1ccccc1Cl)c1ccncc1. The molecule has 0 spiro atoms. The molecule has 5 nitrogen and oxygen atoms in total. The summed E-state index contributed by atoms with van der Waals surface area (Å²) in [4.78, 5) is 4.13. The van der Waals surface area contributed by atoms with Gasteiger partial charge in [-0.05, 0) is 54.4 Å². The van der Waals surface area contributed by atoms with Gasteiger partial charge in [-0.15, -0.1) is 0 Å². The molecular formula is C25H25ClN4O. The number of methoxy groups -OCH3 is 1. The smallest absolute Gasteiger partial charge is 0.119 e. The summed E-state index contributed by atoms with van der Waals surface area (Å²) < 4.78 is 7.17. The van der Waals surface area contributed by atoms with Gasteiger partial charge in [0.25, 0.3) is 0 Å². The maximum Gasteiger partial charge on any atom is 0.119 e. The van der Waals surface area contributed by atoms with Crippen molar-refractivity contribution in [1.29, 1.82) is 0 Å². The summed E-state index contributed by atoms with van der Waals surface area (Å²) in [5.41, 5.74) is 5.06. The average Bonchev–Trinajstić information content (AvgIpc) is 3.24. The first kappa shape index (κ1) is 21.1. The highest BCUT2D eigenvalue weighted by molar-refractivity contribution is 6.33. The quantitative estimate of drug-likeness (QED) is 0.380. The molecule has 4 rings (SSSR count). The number of nitrogens with one attached hydrogen (secondary N) is 1. The summed E-state index contributed by atoms with van der Waals surface area (Å²) in [5, 5.41) is 9.24. The van der Waals surface area contributed by atoms with E-state index in [-0.39, 0.29) is 6.04 Å². The van der Waals surface area contributed by atoms with E-state index in [2.05, 4.69) is 35.6 Å². The Morgan fingerprint density at radius 3 is 2.45 bits per heavy atom. The maximum absolute atomic E-state index is 6.52. The Kier molecular flexibility index (Phi) is 6.65. The second-order valence-corrected chi connectivity index (χ2v) is 7.65. The van der Waals surface area contributed by atoms with Crippen LogP contribution in [0.5, 0.6) is 5.75 Å². The molecule has 2 heterocycles. The molecule has 0 amide bonds. The van der Waals surface area contributed by atoms with Crippen molar-refractivity contribution in [1.82, 2.24) is 20.1 Å². The zero-order valence-corrected chi connectivity index (χ0v) is 18.4. The number of nitrogens with zero attached hydrogens (tertiary/aromatic N) is 3. The van der Waals surface area contributed by atoms with Crippen molar-refractivity contribution in [2.45, 2.75) is 25.9 Å². The molecule has 0 saturated heterocycles. The average molecular weight is 433 g/mol. The Morgan fingerprint density at radius 2 is 1.77 bits per heavy atom. The second kappa shape index (κ2) is 9.77. The van der Waals surface area contributed by atoms with Gasteiger partial charge in [-0.3, -0.25) is 4.98 Å². The number of rotatable bonds is 8. The van der Waals surface area contributed by atoms with Crippen LogP contribution in [-0.2, 0) is 6.54 Å². The topological polar surface area (TPSA) is 52.0 Å². The van der Waals surface area contributed by atoms with Gasteiger partial charge in [-0.25, -0.2) is 4.68 Å². The molecule has 4 aromatic rings. The number of ether oxygens (including phenoxy) is 1. The fourth-order valence-corrected chi connectivity index (χ4v) is 3.84. The molecule has 1 N–H and O–H groups in total. The lowest BCUT2D eigenvalue weighted by Crippen LogP contribution is -2.20. The van der Waals surface area contributed by atoms with Crippen molar-refractivity contribution in [2.75, 3.05) is 7.11 Å². The molecule has 1 atom stereocenters. The van der Waals surface area contributed by atoms with E-state index < -0.39 is 0 Å². The van der Waals surface area contributed by atoms with Gasteiger partial charge in [0.2, 0.25) is 0 Å². The molecule has 0 saturated carbocycles. The Labute approximate surface area is 187 Å². The molecule has 0 bridgehead atoms. The van der Waals surface area contributed by atoms with Crippen molar-refractivity contribution in [3.8, 4) is 22.7 Å². The maximum atomic E-state index is 6.52. The van der Waals surface area contributed by atoms with Gasteiger partial charge in [0.05, 0.1) is 23.5 Å². The van der Waals surface area contributed by atoms with Crippen LogP contribution >= 0.6 is 11.6 Å². The molecule has 6 heteroatoms. The number of pyridine rings is 1. The Morgan fingerprint density at radius 1 is 1.03 bits per heavy atom. The minimum absolute atomic E-state index is 0.228. The Hall–Kier alpha value is -3.15. The molecule has 0 radical (unpaired) electrons. The summed E-state index contributed by atoms with van der Waals surface area (Å²) in [5.74, 6) is 0.812. The van der Waals surface area contributed by atoms with Crippen molar-refractivity contribution in [3.05, 3.63) is 95.4 Å². The molecule has 0 aliphatic heterocycles. The van der Waals surface area contributed by atoms with Crippen LogP contribution in [0.1, 0.15) is 30.5 Å². The van der Waals surface area contributed by atoms with Gasteiger partial charge in [0, 0.05) is 42.3 Å². The van der Waals surface area contributed by atoms with E-state index in [9.17, 15) is 0 Å². The first-order chi connectivity index (χ1) is 15.2. The van der Waals surface area contributed by atoms with Gasteiger partial charge in [0.15, 0.2) is 0 Å². The normalized spacial score (nSPS) is 12.0. The highest BCUT2D eigenvalue weighted by Gasteiger charge is 2.16. The summed E-state index contributed by atoms with van der Waals surface area (Å²) in [6.45, 7) is 2.84. The lowest BCUT2D eigenvalue weighted by atomic mass is 10.0. The number of hydrogen-bond donors (Lipinski definition) is 1. The lowest BCUT2D eigenvalue weighted by molar-refractivity contribution is 0.414. The van der Waals surface area contributed by atoms with Crippen LogP contribution in [0.15, 0.2) is 79.3 Å². The number of aromatic nitrogens is 3. The summed E-state index contributed by atoms with van der Waals surface area (Å²) in [6.07, 6.45) is 6.69. The van der Waals surface area contributed by atoms with Gasteiger partial charge >= 0.3 is 0 Å². The molecule has 31 heavy (non-hydrogen) atoms. The Balaban J connectivity index is 1.67. The van der Waals surface area contributed by atoms with E-state index in [4.69, 9.17) is 21.4 Å². The monoisotopic (exact) mass is 432 g/mol. The predicted molar refractivity (Wildman–Crippen MR) is 125 cm³/mol. The van der Waals surface area contributed by atoms with E-state index >= 15 is 0 Å². The predicted octanol–water partition coefficient (Wildman–Crippen LogP) is 5.84. The molecule has 2 aromatic heterocycles. The van der Waals surface area contributed by atoms with E-state index in [1.165, 1.54) is 5.56 Å². The minimum atomic E-state index is 0.228. The largest absolute Gasteiger partial charge is 0.497 e. The third kappa shape index (κ3) is 4.79. The third-order valence-corrected chi connectivity index (χ3v) is 5.64. The van der Waals surface area contributed by atoms with Crippen LogP contribution in [-0.4, -0.2) is 21.9 Å². The van der Waals surface area contributed by atoms with Crippen molar-refractivity contribution in [2.24, 2.45) is 0 Å². The van der Waals surface area contributed by atoms with Crippen LogP contribution in [0.25, 0.3) is 16.9 Å². The van der Waals surface area contributed by atoms with Crippen LogP contribution in [0.2, 0.25) is 5.02 Å². The molecule has 158 valence electrons. The summed E-state index contributed by atoms with van der Waals surface area (Å²) >= 11 is 6.52. The van der Waals surface area contributed by atoms with Crippen molar-refractivity contribution >= 4 is 11.6 Å². The van der Waals surface area contributed by atoms with E-state index in [1.54, 1.807) is 7.11 Å². The van der Waals surface area contributed by atoms with Crippen LogP contribution in [0.3, 0.4) is 0 Å². The standard InChI is InChI=1S/C25H25ClN4O/c1-3-24(18-12-14-27-15-13-18)28-16-19-17-30(20-8-10-21(31-2)11-9-20)29-25(19)22-6-4-5-7-23(22)26/h4-15,17,24,28H,3,16H2,1-2H3/t24-/m0/s1. The molecular weight excluding hydrogens is 408 g/mol. The lowest BCUT2D eigenvalue weighted by Gasteiger charge is -2.17. The summed E-state index contributed by atoms with van der Waals surface area (Å²) in [7, 11) is 1.66. The molecule has 0 unspecified atom stereocenters. The zero-order chi connectivity index (χ0) is 21.6. The molecule has 0 fully saturated rings. The fourth-order valence-electron chi connectivity index (χ4n) is 3.61. The first-order valence-corrected chi connectivity index (χ1v) is 10.7. The molecule has 0 aliphatic carbocycles. The third-order valence-electron chi connectivity index (χ3n) is 5.31. The molecule has 0 aliphatic rings. The first-order valence-electron chi connectivity index (χ1n) is 10.3.